The van der Waals surface area contributed by atoms with Gasteiger partial charge < -0.3 is 4.74 Å². The second-order valence-corrected chi connectivity index (χ2v) is 1.89. The molecule has 4 nitrogen and oxygen atoms in total. The van der Waals surface area contributed by atoms with Crippen LogP contribution in [-0.2, 0) is 4.74 Å². The Hall–Kier alpha value is -0.770. The Bertz CT molecular complexity index is 110. The van der Waals surface area contributed by atoms with Crippen LogP contribution < -0.4 is 5.32 Å². The van der Waals surface area contributed by atoms with Gasteiger partial charge in [-0.15, -0.1) is 0 Å². The molecular weight excluding hydrogens is 120 g/mol. The molecule has 0 bridgehead atoms. The van der Waals surface area contributed by atoms with Crippen LogP contribution in [0.4, 0.5) is 4.79 Å². The van der Waals surface area contributed by atoms with Gasteiger partial charge >= 0.3 is 6.09 Å². The van der Waals surface area contributed by atoms with E-state index in [1.807, 2.05) is 0 Å². The number of rotatable bonds is 0. The van der Waals surface area contributed by atoms with Gasteiger partial charge in [0.25, 0.3) is 0 Å². The minimum atomic E-state index is -0.250. The van der Waals surface area contributed by atoms with Crippen LogP contribution in [-0.4, -0.2) is 37.9 Å². The summed E-state index contributed by atoms with van der Waals surface area (Å²) in [5.41, 5.74) is 0. The molecule has 4 heteroatoms. The van der Waals surface area contributed by atoms with Crippen molar-refractivity contribution in [1.29, 1.82) is 0 Å². The summed E-state index contributed by atoms with van der Waals surface area (Å²) in [5, 5.41) is 3.01. The van der Waals surface area contributed by atoms with Crippen molar-refractivity contribution in [3.63, 3.8) is 0 Å². The molecule has 52 valence electrons. The summed E-state index contributed by atoms with van der Waals surface area (Å²) in [7, 11) is 1.39. The molecule has 1 fully saturated rings. The highest BCUT2D eigenvalue weighted by Crippen LogP contribution is 1.94. The van der Waals surface area contributed by atoms with Gasteiger partial charge in [0, 0.05) is 13.1 Å². The Morgan fingerprint density at radius 3 is 3.00 bits per heavy atom. The average Bonchev–Trinajstić information content (AvgIpc) is 2.37. The summed E-state index contributed by atoms with van der Waals surface area (Å²) in [5.74, 6) is 0. The molecule has 0 aromatic carbocycles. The SMILES string of the molecule is COC(=O)N1CCNC1. The van der Waals surface area contributed by atoms with E-state index in [1.54, 1.807) is 4.90 Å². The molecule has 1 amide bonds. The summed E-state index contributed by atoms with van der Waals surface area (Å²) in [6, 6.07) is 0. The molecule has 1 heterocycles. The van der Waals surface area contributed by atoms with E-state index in [-0.39, 0.29) is 6.09 Å². The fourth-order valence-corrected chi connectivity index (χ4v) is 0.792. The maximum Gasteiger partial charge on any atom is 0.410 e. The van der Waals surface area contributed by atoms with Gasteiger partial charge in [-0.1, -0.05) is 0 Å². The van der Waals surface area contributed by atoms with Crippen molar-refractivity contribution in [3.8, 4) is 0 Å². The molecule has 9 heavy (non-hydrogen) atoms. The second kappa shape index (κ2) is 2.68. The van der Waals surface area contributed by atoms with Crippen LogP contribution in [0.1, 0.15) is 0 Å². The zero-order valence-corrected chi connectivity index (χ0v) is 5.39. The summed E-state index contributed by atoms with van der Waals surface area (Å²) < 4.78 is 4.48. The fourth-order valence-electron chi connectivity index (χ4n) is 0.792. The monoisotopic (exact) mass is 130 g/mol. The second-order valence-electron chi connectivity index (χ2n) is 1.89. The van der Waals surface area contributed by atoms with Crippen molar-refractivity contribution in [3.05, 3.63) is 0 Å². The van der Waals surface area contributed by atoms with Crippen molar-refractivity contribution in [2.75, 3.05) is 26.9 Å². The molecular formula is C5H10N2O2. The van der Waals surface area contributed by atoms with E-state index in [9.17, 15) is 4.79 Å². The van der Waals surface area contributed by atoms with Crippen molar-refractivity contribution in [2.45, 2.75) is 0 Å². The first-order valence-electron chi connectivity index (χ1n) is 2.88. The lowest BCUT2D eigenvalue weighted by molar-refractivity contribution is 0.132. The highest BCUT2D eigenvalue weighted by Gasteiger charge is 2.16. The lowest BCUT2D eigenvalue weighted by Crippen LogP contribution is -2.29. The van der Waals surface area contributed by atoms with Crippen molar-refractivity contribution in [2.24, 2.45) is 0 Å². The molecule has 1 N–H and O–H groups in total. The Kier molecular flexibility index (Phi) is 1.89. The van der Waals surface area contributed by atoms with E-state index in [4.69, 9.17) is 0 Å². The lowest BCUT2D eigenvalue weighted by atomic mass is 10.6. The maximum atomic E-state index is 10.7. The van der Waals surface area contributed by atoms with Crippen LogP contribution in [0.2, 0.25) is 0 Å². The van der Waals surface area contributed by atoms with Gasteiger partial charge in [0.15, 0.2) is 0 Å². The molecule has 1 aliphatic heterocycles. The normalized spacial score (nSPS) is 18.1. The zero-order chi connectivity index (χ0) is 6.69. The van der Waals surface area contributed by atoms with Gasteiger partial charge in [0.1, 0.15) is 0 Å². The minimum absolute atomic E-state index is 0.250. The number of nitrogens with one attached hydrogen (secondary N) is 1. The van der Waals surface area contributed by atoms with Crippen LogP contribution in [0.15, 0.2) is 0 Å². The predicted octanol–water partition coefficient (Wildman–Crippen LogP) is -0.385. The van der Waals surface area contributed by atoms with E-state index < -0.39 is 0 Å². The molecule has 0 aromatic heterocycles. The van der Waals surface area contributed by atoms with Crippen LogP contribution in [0, 0.1) is 0 Å². The molecule has 1 aliphatic rings. The number of amides is 1. The first-order chi connectivity index (χ1) is 4.34. The van der Waals surface area contributed by atoms with E-state index in [0.717, 1.165) is 13.1 Å². The number of nitrogens with zero attached hydrogens (tertiary/aromatic N) is 1. The third kappa shape index (κ3) is 1.32. The molecule has 1 saturated heterocycles. The lowest BCUT2D eigenvalue weighted by Gasteiger charge is -2.10. The molecule has 0 aliphatic carbocycles. The fraction of sp³-hybridized carbons (Fsp3) is 0.800. The standard InChI is InChI=1S/C5H10N2O2/c1-9-5(8)7-3-2-6-4-7/h6H,2-4H2,1H3. The smallest absolute Gasteiger partial charge is 0.410 e. The minimum Gasteiger partial charge on any atom is -0.453 e. The molecule has 0 unspecified atom stereocenters. The largest absolute Gasteiger partial charge is 0.453 e. The summed E-state index contributed by atoms with van der Waals surface area (Å²) >= 11 is 0. The van der Waals surface area contributed by atoms with Gasteiger partial charge in [-0.3, -0.25) is 10.2 Å². The van der Waals surface area contributed by atoms with Gasteiger partial charge in [-0.2, -0.15) is 0 Å². The molecule has 0 atom stereocenters. The Morgan fingerprint density at radius 2 is 2.56 bits per heavy atom. The van der Waals surface area contributed by atoms with Gasteiger partial charge in [-0.05, 0) is 0 Å². The van der Waals surface area contributed by atoms with Gasteiger partial charge in [-0.25, -0.2) is 4.79 Å². The molecule has 1 rings (SSSR count). The molecule has 0 spiro atoms. The maximum absolute atomic E-state index is 10.7. The van der Waals surface area contributed by atoms with E-state index in [0.29, 0.717) is 6.67 Å². The highest BCUT2D eigenvalue weighted by molar-refractivity contribution is 5.67. The highest BCUT2D eigenvalue weighted by atomic mass is 16.5. The third-order valence-electron chi connectivity index (χ3n) is 1.29. The predicted molar refractivity (Wildman–Crippen MR) is 32.0 cm³/mol. The summed E-state index contributed by atoms with van der Waals surface area (Å²) in [6.45, 7) is 2.24. The quantitative estimate of drug-likeness (QED) is 0.486. The number of carbonyl (C=O) groups is 1. The first kappa shape index (κ1) is 6.35. The van der Waals surface area contributed by atoms with Crippen LogP contribution >= 0.6 is 0 Å². The third-order valence-corrected chi connectivity index (χ3v) is 1.29. The van der Waals surface area contributed by atoms with Crippen molar-refractivity contribution < 1.29 is 9.53 Å². The van der Waals surface area contributed by atoms with Gasteiger partial charge in [0.2, 0.25) is 0 Å². The Morgan fingerprint density at radius 1 is 1.78 bits per heavy atom. The Balaban J connectivity index is 2.32. The van der Waals surface area contributed by atoms with Gasteiger partial charge in [0.05, 0.1) is 13.8 Å². The number of carbonyl (C=O) groups excluding carboxylic acids is 1. The molecule has 0 saturated carbocycles. The Labute approximate surface area is 53.8 Å². The van der Waals surface area contributed by atoms with E-state index in [1.165, 1.54) is 7.11 Å². The first-order valence-corrected chi connectivity index (χ1v) is 2.88. The summed E-state index contributed by atoms with van der Waals surface area (Å²) in [4.78, 5) is 12.3. The topological polar surface area (TPSA) is 41.6 Å². The van der Waals surface area contributed by atoms with Crippen molar-refractivity contribution >= 4 is 6.09 Å². The summed E-state index contributed by atoms with van der Waals surface area (Å²) in [6.07, 6.45) is -0.250. The number of hydrogen-bond donors (Lipinski definition) is 1. The zero-order valence-electron chi connectivity index (χ0n) is 5.39. The number of ether oxygens (including phenoxy) is 1. The average molecular weight is 130 g/mol. The number of methoxy groups -OCH3 is 1. The van der Waals surface area contributed by atoms with Crippen LogP contribution in [0.5, 0.6) is 0 Å². The van der Waals surface area contributed by atoms with Crippen molar-refractivity contribution in [1.82, 2.24) is 10.2 Å². The molecule has 0 aromatic rings. The molecule has 0 radical (unpaired) electrons. The number of hydrogen-bond acceptors (Lipinski definition) is 3. The van der Waals surface area contributed by atoms with Crippen LogP contribution in [0.25, 0.3) is 0 Å². The van der Waals surface area contributed by atoms with E-state index in [2.05, 4.69) is 10.1 Å². The van der Waals surface area contributed by atoms with Crippen LogP contribution in [0.3, 0.4) is 0 Å². The van der Waals surface area contributed by atoms with E-state index >= 15 is 0 Å².